The number of ether oxygens (including phenoxy) is 6. The van der Waals surface area contributed by atoms with Crippen molar-refractivity contribution in [3.8, 4) is 34.5 Å². The van der Waals surface area contributed by atoms with Gasteiger partial charge in [0.05, 0.1) is 51.7 Å². The number of hydrogen-bond acceptors (Lipinski definition) is 10. The minimum atomic E-state index is -0.707. The van der Waals surface area contributed by atoms with Crippen LogP contribution in [-0.4, -0.2) is 66.4 Å². The molecule has 50 heavy (non-hydrogen) atoms. The van der Waals surface area contributed by atoms with Crippen LogP contribution in [-0.2, 0) is 10.8 Å². The number of rotatable bonds is 4. The average molecular weight is 677 g/mol. The van der Waals surface area contributed by atoms with E-state index in [4.69, 9.17) is 38.4 Å². The SMILES string of the molecule is COc1cc(OC)c2c(c1)O[C@@]1(C=N2)N(C)c2ccccc2C1(C)C.COc1cc(OC)c2c(c1)O[C@]1(C=N2)N(C)c2ccccc2C1(C)C. The van der Waals surface area contributed by atoms with E-state index in [-0.39, 0.29) is 10.8 Å². The molecule has 0 unspecified atom stereocenters. The first-order chi connectivity index (χ1) is 23.9. The molecule has 2 atom stereocenters. The lowest BCUT2D eigenvalue weighted by atomic mass is 9.77. The second kappa shape index (κ2) is 11.6. The summed E-state index contributed by atoms with van der Waals surface area (Å²) < 4.78 is 34.9. The molecule has 0 aromatic heterocycles. The summed E-state index contributed by atoms with van der Waals surface area (Å²) in [6.07, 6.45) is 3.79. The molecule has 4 heterocycles. The molecule has 0 amide bonds. The van der Waals surface area contributed by atoms with Gasteiger partial charge in [-0.3, -0.25) is 0 Å². The summed E-state index contributed by atoms with van der Waals surface area (Å²) in [6.45, 7) is 8.74. The smallest absolute Gasteiger partial charge is 0.228 e. The van der Waals surface area contributed by atoms with Crippen molar-refractivity contribution in [3.05, 3.63) is 83.9 Å². The molecule has 0 N–H and O–H groups in total. The first-order valence-electron chi connectivity index (χ1n) is 16.6. The van der Waals surface area contributed by atoms with E-state index in [1.165, 1.54) is 11.1 Å². The lowest BCUT2D eigenvalue weighted by Crippen LogP contribution is -2.61. The summed E-state index contributed by atoms with van der Waals surface area (Å²) in [5.41, 5.74) is 4.18. The third-order valence-electron chi connectivity index (χ3n) is 10.9. The van der Waals surface area contributed by atoms with Gasteiger partial charge in [-0.2, -0.15) is 0 Å². The van der Waals surface area contributed by atoms with Crippen LogP contribution >= 0.6 is 0 Å². The van der Waals surface area contributed by atoms with E-state index < -0.39 is 11.4 Å². The molecule has 260 valence electrons. The quantitative estimate of drug-likeness (QED) is 0.216. The summed E-state index contributed by atoms with van der Waals surface area (Å²) in [5, 5.41) is 0. The van der Waals surface area contributed by atoms with Crippen molar-refractivity contribution in [2.24, 2.45) is 9.98 Å². The van der Waals surface area contributed by atoms with E-state index in [0.29, 0.717) is 45.9 Å². The summed E-state index contributed by atoms with van der Waals surface area (Å²) in [6, 6.07) is 24.1. The van der Waals surface area contributed by atoms with Crippen LogP contribution in [0.2, 0.25) is 0 Å². The molecule has 0 fully saturated rings. The van der Waals surface area contributed by atoms with Gasteiger partial charge in [-0.25, -0.2) is 9.98 Å². The van der Waals surface area contributed by atoms with E-state index in [9.17, 15) is 0 Å². The van der Waals surface area contributed by atoms with Gasteiger partial charge in [-0.15, -0.1) is 0 Å². The zero-order chi connectivity index (χ0) is 35.6. The molecule has 2 spiro atoms. The predicted molar refractivity (Wildman–Crippen MR) is 198 cm³/mol. The van der Waals surface area contributed by atoms with Crippen molar-refractivity contribution in [3.63, 3.8) is 0 Å². The van der Waals surface area contributed by atoms with Crippen LogP contribution in [0.3, 0.4) is 0 Å². The van der Waals surface area contributed by atoms with Gasteiger partial charge >= 0.3 is 0 Å². The lowest BCUT2D eigenvalue weighted by Gasteiger charge is -2.44. The van der Waals surface area contributed by atoms with Gasteiger partial charge in [0, 0.05) is 49.7 Å². The molecule has 10 nitrogen and oxygen atoms in total. The van der Waals surface area contributed by atoms with Crippen LogP contribution in [0.25, 0.3) is 0 Å². The molecular weight excluding hydrogens is 632 g/mol. The molecule has 0 aliphatic carbocycles. The van der Waals surface area contributed by atoms with Gasteiger partial charge in [0.2, 0.25) is 11.4 Å². The average Bonchev–Trinajstić information content (AvgIpc) is 3.40. The third-order valence-corrected chi connectivity index (χ3v) is 10.9. The van der Waals surface area contributed by atoms with Gasteiger partial charge in [0.25, 0.3) is 0 Å². The molecule has 0 bridgehead atoms. The zero-order valence-corrected chi connectivity index (χ0v) is 30.3. The summed E-state index contributed by atoms with van der Waals surface area (Å²) in [7, 11) is 10.6. The Hall–Kier alpha value is -5.38. The Labute approximate surface area is 293 Å². The normalized spacial score (nSPS) is 22.4. The van der Waals surface area contributed by atoms with Crippen molar-refractivity contribution in [1.82, 2.24) is 0 Å². The van der Waals surface area contributed by atoms with Gasteiger partial charge in [0.1, 0.15) is 22.9 Å². The Balaban J connectivity index is 0.000000157. The molecule has 0 saturated heterocycles. The zero-order valence-electron chi connectivity index (χ0n) is 30.3. The largest absolute Gasteiger partial charge is 0.496 e. The van der Waals surface area contributed by atoms with Crippen molar-refractivity contribution in [2.45, 2.75) is 50.0 Å². The van der Waals surface area contributed by atoms with E-state index in [1.54, 1.807) is 28.4 Å². The highest BCUT2D eigenvalue weighted by molar-refractivity contribution is 5.90. The third kappa shape index (κ3) is 4.46. The fourth-order valence-corrected chi connectivity index (χ4v) is 7.83. The monoisotopic (exact) mass is 676 g/mol. The maximum Gasteiger partial charge on any atom is 0.228 e. The van der Waals surface area contributed by atoms with Crippen LogP contribution in [0, 0.1) is 0 Å². The standard InChI is InChI=1S/2C20H22N2O3/c2*1-19(2)14-8-6-7-9-15(14)22(3)20(19)12-21-18-16(24-5)10-13(23-4)11-17(18)25-20/h2*6-12H,1-5H3/t2*20-/m10/s1. The number of methoxy groups -OCH3 is 4. The second-order valence-electron chi connectivity index (χ2n) is 13.9. The number of nitrogens with zero attached hydrogens (tertiary/aromatic N) is 4. The van der Waals surface area contributed by atoms with Crippen LogP contribution in [0.1, 0.15) is 38.8 Å². The fourth-order valence-electron chi connectivity index (χ4n) is 7.83. The Morgan fingerprint density at radius 1 is 0.540 bits per heavy atom. The van der Waals surface area contributed by atoms with Gasteiger partial charge < -0.3 is 38.2 Å². The number of benzene rings is 4. The number of likely N-dealkylation sites (N-methyl/N-ethyl adjacent to an activating group) is 2. The second-order valence-corrected chi connectivity index (χ2v) is 13.9. The fraction of sp³-hybridized carbons (Fsp3) is 0.350. The summed E-state index contributed by atoms with van der Waals surface area (Å²) in [4.78, 5) is 13.8. The maximum absolute atomic E-state index is 6.59. The Bertz CT molecular complexity index is 1900. The predicted octanol–water partition coefficient (Wildman–Crippen LogP) is 7.84. The van der Waals surface area contributed by atoms with Gasteiger partial charge in [-0.05, 0) is 51.0 Å². The van der Waals surface area contributed by atoms with Crippen molar-refractivity contribution < 1.29 is 28.4 Å². The summed E-state index contributed by atoms with van der Waals surface area (Å²) in [5.74, 6) is 3.95. The van der Waals surface area contributed by atoms with Crippen molar-refractivity contribution in [2.75, 3.05) is 52.3 Å². The molecule has 10 heteroatoms. The van der Waals surface area contributed by atoms with Crippen LogP contribution in [0.5, 0.6) is 34.5 Å². The number of fused-ring (bicyclic) bond motifs is 4. The first kappa shape index (κ1) is 33.1. The number of anilines is 2. The topological polar surface area (TPSA) is 86.6 Å². The molecule has 4 aromatic rings. The van der Waals surface area contributed by atoms with Gasteiger partial charge in [-0.1, -0.05) is 36.4 Å². The van der Waals surface area contributed by atoms with Crippen molar-refractivity contribution in [1.29, 1.82) is 0 Å². The molecule has 4 aliphatic heterocycles. The molecule has 0 radical (unpaired) electrons. The van der Waals surface area contributed by atoms with Crippen LogP contribution < -0.4 is 38.2 Å². The molecule has 0 saturated carbocycles. The summed E-state index contributed by atoms with van der Waals surface area (Å²) >= 11 is 0. The minimum Gasteiger partial charge on any atom is -0.496 e. The van der Waals surface area contributed by atoms with E-state index in [0.717, 1.165) is 11.4 Å². The van der Waals surface area contributed by atoms with Gasteiger partial charge in [0.15, 0.2) is 23.0 Å². The maximum atomic E-state index is 6.59. The van der Waals surface area contributed by atoms with E-state index >= 15 is 0 Å². The molecule has 4 aliphatic rings. The Kier molecular flexibility index (Phi) is 7.69. The Morgan fingerprint density at radius 3 is 1.26 bits per heavy atom. The first-order valence-corrected chi connectivity index (χ1v) is 16.6. The highest BCUT2D eigenvalue weighted by Crippen LogP contribution is 2.56. The van der Waals surface area contributed by atoms with E-state index in [2.05, 4.69) is 73.9 Å². The molecule has 4 aromatic carbocycles. The number of para-hydroxylation sites is 2. The van der Waals surface area contributed by atoms with E-state index in [1.807, 2.05) is 62.9 Å². The highest BCUT2D eigenvalue weighted by Gasteiger charge is 2.60. The number of aliphatic imine (C=N–C) groups is 2. The molecular formula is C40H44N4O6. The van der Waals surface area contributed by atoms with Crippen LogP contribution in [0.4, 0.5) is 22.7 Å². The highest BCUT2D eigenvalue weighted by atomic mass is 16.5. The Morgan fingerprint density at radius 2 is 0.920 bits per heavy atom. The van der Waals surface area contributed by atoms with Crippen molar-refractivity contribution >= 4 is 35.2 Å². The minimum absolute atomic E-state index is 0.282. The number of hydrogen-bond donors (Lipinski definition) is 0. The molecule has 8 rings (SSSR count). The lowest BCUT2D eigenvalue weighted by molar-refractivity contribution is 0.0818. The van der Waals surface area contributed by atoms with Crippen LogP contribution in [0.15, 0.2) is 82.8 Å².